The summed E-state index contributed by atoms with van der Waals surface area (Å²) in [5, 5.41) is 11.9. The van der Waals surface area contributed by atoms with E-state index in [9.17, 15) is 9.18 Å². The molecule has 2 rings (SSSR count). The number of halogens is 1. The van der Waals surface area contributed by atoms with Gasteiger partial charge in [-0.15, -0.1) is 0 Å². The molecule has 0 fully saturated rings. The van der Waals surface area contributed by atoms with Crippen molar-refractivity contribution in [2.24, 2.45) is 0 Å². The van der Waals surface area contributed by atoms with Crippen LogP contribution in [0.1, 0.15) is 21.5 Å². The quantitative estimate of drug-likeness (QED) is 0.749. The van der Waals surface area contributed by atoms with Crippen LogP contribution in [0.2, 0.25) is 0 Å². The smallest absolute Gasteiger partial charge is 0.337 e. The van der Waals surface area contributed by atoms with Crippen LogP contribution in [-0.4, -0.2) is 11.1 Å². The minimum Gasteiger partial charge on any atom is -0.478 e. The molecule has 0 aromatic heterocycles. The number of hydrogen-bond acceptors (Lipinski definition) is 3. The Bertz CT molecular complexity index is 684. The maximum Gasteiger partial charge on any atom is 0.337 e. The highest BCUT2D eigenvalue weighted by Gasteiger charge is 2.13. The molecule has 2 aromatic carbocycles. The summed E-state index contributed by atoms with van der Waals surface area (Å²) in [6, 6.07) is 7.78. The van der Waals surface area contributed by atoms with Crippen molar-refractivity contribution in [3.05, 3.63) is 52.8 Å². The topological polar surface area (TPSA) is 75.3 Å². The van der Waals surface area contributed by atoms with E-state index in [4.69, 9.17) is 10.8 Å². The molecule has 104 valence electrons. The van der Waals surface area contributed by atoms with Crippen LogP contribution in [-0.2, 0) is 0 Å². The molecule has 0 saturated carbocycles. The Hall–Kier alpha value is -2.56. The van der Waals surface area contributed by atoms with Crippen LogP contribution in [0.4, 0.5) is 21.5 Å². The second kappa shape index (κ2) is 5.21. The summed E-state index contributed by atoms with van der Waals surface area (Å²) in [5.41, 5.74) is 8.21. The second-order valence-electron chi connectivity index (χ2n) is 4.65. The van der Waals surface area contributed by atoms with Crippen molar-refractivity contribution in [2.45, 2.75) is 13.8 Å². The van der Waals surface area contributed by atoms with E-state index in [-0.39, 0.29) is 16.9 Å². The Labute approximate surface area is 116 Å². The van der Waals surface area contributed by atoms with Gasteiger partial charge < -0.3 is 16.2 Å². The minimum atomic E-state index is -1.19. The summed E-state index contributed by atoms with van der Waals surface area (Å²) in [6.45, 7) is 3.92. The molecule has 0 spiro atoms. The number of hydrogen-bond donors (Lipinski definition) is 3. The maximum atomic E-state index is 13.8. The number of benzene rings is 2. The van der Waals surface area contributed by atoms with Crippen LogP contribution in [0.3, 0.4) is 0 Å². The SMILES string of the molecule is Cc1ccc(Nc2cc(C(=O)O)c(N)cc2F)cc1C. The molecule has 20 heavy (non-hydrogen) atoms. The van der Waals surface area contributed by atoms with E-state index in [1.165, 1.54) is 6.07 Å². The molecule has 4 N–H and O–H groups in total. The molecular formula is C15H15FN2O2. The first kappa shape index (κ1) is 13.9. The number of carbonyl (C=O) groups is 1. The molecule has 0 saturated heterocycles. The lowest BCUT2D eigenvalue weighted by Crippen LogP contribution is -2.05. The highest BCUT2D eigenvalue weighted by atomic mass is 19.1. The van der Waals surface area contributed by atoms with Crippen LogP contribution in [0.25, 0.3) is 0 Å². The second-order valence-corrected chi connectivity index (χ2v) is 4.65. The van der Waals surface area contributed by atoms with Crippen LogP contribution in [0, 0.1) is 19.7 Å². The predicted octanol–water partition coefficient (Wildman–Crippen LogP) is 3.47. The van der Waals surface area contributed by atoms with E-state index in [0.717, 1.165) is 17.2 Å². The summed E-state index contributed by atoms with van der Waals surface area (Å²) in [7, 11) is 0. The zero-order valence-corrected chi connectivity index (χ0v) is 11.2. The number of carboxylic acid groups (broad SMARTS) is 1. The highest BCUT2D eigenvalue weighted by molar-refractivity contribution is 5.95. The van der Waals surface area contributed by atoms with Gasteiger partial charge in [0.25, 0.3) is 0 Å². The van der Waals surface area contributed by atoms with Gasteiger partial charge >= 0.3 is 5.97 Å². The van der Waals surface area contributed by atoms with Crippen LogP contribution in [0.5, 0.6) is 0 Å². The van der Waals surface area contributed by atoms with Gasteiger partial charge in [-0.25, -0.2) is 9.18 Å². The Morgan fingerprint density at radius 3 is 2.50 bits per heavy atom. The molecule has 0 aliphatic carbocycles. The number of nitrogens with one attached hydrogen (secondary N) is 1. The standard InChI is InChI=1S/C15H15FN2O2/c1-8-3-4-10(5-9(8)2)18-14-6-11(15(19)20)13(17)7-12(14)16/h3-7,18H,17H2,1-2H3,(H,19,20). The third kappa shape index (κ3) is 2.71. The van der Waals surface area contributed by atoms with Crippen molar-refractivity contribution in [3.8, 4) is 0 Å². The summed E-state index contributed by atoms with van der Waals surface area (Å²) in [5.74, 6) is -1.78. The monoisotopic (exact) mass is 274 g/mol. The minimum absolute atomic E-state index is 0.0832. The summed E-state index contributed by atoms with van der Waals surface area (Å²) < 4.78 is 13.8. The molecule has 0 bridgehead atoms. The summed E-state index contributed by atoms with van der Waals surface area (Å²) in [6.07, 6.45) is 0. The van der Waals surface area contributed by atoms with E-state index >= 15 is 0 Å². The van der Waals surface area contributed by atoms with Crippen molar-refractivity contribution in [1.82, 2.24) is 0 Å². The van der Waals surface area contributed by atoms with Crippen molar-refractivity contribution < 1.29 is 14.3 Å². The fourth-order valence-corrected chi connectivity index (χ4v) is 1.84. The fraction of sp³-hybridized carbons (Fsp3) is 0.133. The third-order valence-corrected chi connectivity index (χ3v) is 3.16. The molecule has 2 aromatic rings. The largest absolute Gasteiger partial charge is 0.478 e. The maximum absolute atomic E-state index is 13.8. The van der Waals surface area contributed by atoms with E-state index < -0.39 is 11.8 Å². The summed E-state index contributed by atoms with van der Waals surface area (Å²) >= 11 is 0. The van der Waals surface area contributed by atoms with Gasteiger partial charge in [0.1, 0.15) is 5.82 Å². The third-order valence-electron chi connectivity index (χ3n) is 3.16. The molecular weight excluding hydrogens is 259 g/mol. The molecule has 0 aliphatic heterocycles. The van der Waals surface area contributed by atoms with Crippen molar-refractivity contribution in [2.75, 3.05) is 11.1 Å². The average Bonchev–Trinajstić information content (AvgIpc) is 2.36. The summed E-state index contributed by atoms with van der Waals surface area (Å²) in [4.78, 5) is 11.0. The normalized spacial score (nSPS) is 10.3. The van der Waals surface area contributed by atoms with Gasteiger partial charge in [-0.1, -0.05) is 6.07 Å². The van der Waals surface area contributed by atoms with Gasteiger partial charge in [-0.2, -0.15) is 0 Å². The van der Waals surface area contributed by atoms with E-state index in [2.05, 4.69) is 5.32 Å². The van der Waals surface area contributed by atoms with Gasteiger partial charge in [0.2, 0.25) is 0 Å². The van der Waals surface area contributed by atoms with Crippen LogP contribution in [0.15, 0.2) is 30.3 Å². The lowest BCUT2D eigenvalue weighted by atomic mass is 10.1. The number of rotatable bonds is 3. The number of aromatic carboxylic acids is 1. The zero-order valence-electron chi connectivity index (χ0n) is 11.2. The number of aryl methyl sites for hydroxylation is 2. The van der Waals surface area contributed by atoms with Gasteiger partial charge in [0, 0.05) is 11.4 Å². The molecule has 0 amide bonds. The van der Waals surface area contributed by atoms with E-state index in [1.54, 1.807) is 6.07 Å². The Balaban J connectivity index is 2.40. The predicted molar refractivity (Wildman–Crippen MR) is 77.0 cm³/mol. The first-order valence-corrected chi connectivity index (χ1v) is 6.05. The number of nitrogen functional groups attached to an aromatic ring is 1. The Kier molecular flexibility index (Phi) is 3.61. The number of carboxylic acids is 1. The first-order valence-electron chi connectivity index (χ1n) is 6.05. The number of nitrogens with two attached hydrogens (primary N) is 1. The lowest BCUT2D eigenvalue weighted by Gasteiger charge is -2.11. The lowest BCUT2D eigenvalue weighted by molar-refractivity contribution is 0.0698. The Morgan fingerprint density at radius 1 is 1.20 bits per heavy atom. The fourth-order valence-electron chi connectivity index (χ4n) is 1.84. The van der Waals surface area contributed by atoms with Crippen molar-refractivity contribution in [1.29, 1.82) is 0 Å². The molecule has 0 atom stereocenters. The zero-order chi connectivity index (χ0) is 14.9. The van der Waals surface area contributed by atoms with Gasteiger partial charge in [-0.3, -0.25) is 0 Å². The van der Waals surface area contributed by atoms with Crippen LogP contribution < -0.4 is 11.1 Å². The average molecular weight is 274 g/mol. The van der Waals surface area contributed by atoms with Crippen molar-refractivity contribution >= 4 is 23.0 Å². The van der Waals surface area contributed by atoms with Gasteiger partial charge in [-0.05, 0) is 49.2 Å². The number of anilines is 3. The Morgan fingerprint density at radius 2 is 1.90 bits per heavy atom. The molecule has 0 heterocycles. The molecule has 4 nitrogen and oxygen atoms in total. The first-order chi connectivity index (χ1) is 9.38. The molecule has 0 unspecified atom stereocenters. The molecule has 5 heteroatoms. The van der Waals surface area contributed by atoms with Crippen molar-refractivity contribution in [3.63, 3.8) is 0 Å². The van der Waals surface area contributed by atoms with Crippen LogP contribution >= 0.6 is 0 Å². The van der Waals surface area contributed by atoms with Gasteiger partial charge in [0.15, 0.2) is 0 Å². The highest BCUT2D eigenvalue weighted by Crippen LogP contribution is 2.26. The molecule has 0 radical (unpaired) electrons. The van der Waals surface area contributed by atoms with E-state index in [0.29, 0.717) is 5.69 Å². The molecule has 0 aliphatic rings. The van der Waals surface area contributed by atoms with E-state index in [1.807, 2.05) is 26.0 Å². The van der Waals surface area contributed by atoms with Gasteiger partial charge in [0.05, 0.1) is 11.3 Å².